The second-order valence-electron chi connectivity index (χ2n) is 18.3. The van der Waals surface area contributed by atoms with Crippen molar-refractivity contribution in [1.82, 2.24) is 15.0 Å². The number of fused-ring (bicyclic) bond motifs is 11. The van der Waals surface area contributed by atoms with Gasteiger partial charge in [-0.2, -0.15) is 0 Å². The van der Waals surface area contributed by atoms with Gasteiger partial charge < -0.3 is 4.74 Å². The molecule has 6 unspecified atom stereocenters. The van der Waals surface area contributed by atoms with Crippen LogP contribution in [-0.4, -0.2) is 21.1 Å². The van der Waals surface area contributed by atoms with Crippen LogP contribution in [0, 0.1) is 23.7 Å². The topological polar surface area (TPSA) is 47.9 Å². The molecular weight excluding hydrogens is 743 g/mol. The van der Waals surface area contributed by atoms with E-state index >= 15 is 0 Å². The second kappa shape index (κ2) is 14.4. The molecule has 2 heterocycles. The number of hydrogen-bond acceptors (Lipinski definition) is 4. The molecule has 6 atom stereocenters. The van der Waals surface area contributed by atoms with E-state index in [9.17, 15) is 0 Å². The third kappa shape index (κ3) is 5.90. The third-order valence-corrected chi connectivity index (χ3v) is 15.0. The molecule has 4 heteroatoms. The summed E-state index contributed by atoms with van der Waals surface area (Å²) in [5.41, 5.74) is 16.5. The number of benzene rings is 6. The summed E-state index contributed by atoms with van der Waals surface area (Å²) in [6, 6.07) is 52.6. The number of hydrogen-bond donors (Lipinski definition) is 0. The molecule has 2 saturated carbocycles. The average Bonchev–Trinajstić information content (AvgIpc) is 3.84. The number of nitrogens with zero attached hydrogens (tertiary/aromatic N) is 3. The number of para-hydroxylation sites is 1. The van der Waals surface area contributed by atoms with E-state index < -0.39 is 0 Å². The summed E-state index contributed by atoms with van der Waals surface area (Å²) in [7, 11) is 0. The minimum Gasteiger partial charge on any atom is -0.485 e. The SMILES string of the molecule is CCC1CC2CC(C)C3(c4cc(C5=CCC6Oc7ccccc7C6=C5)ccc4-c4ccc(-c5ccc(-c6nc(-c7ccccc7)nc(-c7ccccc7)n6)cc5)cc43)C(C1)C2. The number of allylic oxidation sites excluding steroid dienone is 2. The highest BCUT2D eigenvalue weighted by atomic mass is 16.5. The van der Waals surface area contributed by atoms with Gasteiger partial charge in [0.1, 0.15) is 11.9 Å². The molecule has 1 aliphatic heterocycles. The van der Waals surface area contributed by atoms with Crippen LogP contribution in [0.2, 0.25) is 0 Å². The Hall–Kier alpha value is -6.39. The fourth-order valence-electron chi connectivity index (χ4n) is 12.2. The fourth-order valence-corrected chi connectivity index (χ4v) is 12.2. The van der Waals surface area contributed by atoms with Gasteiger partial charge in [0.05, 0.1) is 0 Å². The summed E-state index contributed by atoms with van der Waals surface area (Å²) < 4.78 is 6.38. The van der Waals surface area contributed by atoms with Crippen LogP contribution in [-0.2, 0) is 5.41 Å². The van der Waals surface area contributed by atoms with E-state index in [4.69, 9.17) is 19.7 Å². The maximum atomic E-state index is 6.38. The molecule has 6 aromatic carbocycles. The van der Waals surface area contributed by atoms with Crippen LogP contribution < -0.4 is 4.74 Å². The van der Waals surface area contributed by atoms with Crippen molar-refractivity contribution < 1.29 is 4.74 Å². The van der Waals surface area contributed by atoms with E-state index in [1.807, 2.05) is 36.4 Å². The van der Waals surface area contributed by atoms with E-state index in [0.717, 1.165) is 40.7 Å². The van der Waals surface area contributed by atoms with Gasteiger partial charge in [0.15, 0.2) is 17.5 Å². The van der Waals surface area contributed by atoms with Crippen molar-refractivity contribution in [2.24, 2.45) is 23.7 Å². The van der Waals surface area contributed by atoms with E-state index in [1.54, 1.807) is 11.1 Å². The first-order chi connectivity index (χ1) is 30.0. The summed E-state index contributed by atoms with van der Waals surface area (Å²) in [6.45, 7) is 5.00. The lowest BCUT2D eigenvalue weighted by atomic mass is 9.49. The first-order valence-electron chi connectivity index (χ1n) is 22.5. The Labute approximate surface area is 359 Å². The molecule has 12 rings (SSSR count). The summed E-state index contributed by atoms with van der Waals surface area (Å²) in [5.74, 6) is 5.82. The van der Waals surface area contributed by atoms with Crippen molar-refractivity contribution in [3.8, 4) is 62.2 Å². The molecule has 7 aromatic rings. The zero-order valence-corrected chi connectivity index (χ0v) is 34.9. The molecule has 4 nitrogen and oxygen atoms in total. The highest BCUT2D eigenvalue weighted by Crippen LogP contribution is 2.65. The highest BCUT2D eigenvalue weighted by Gasteiger charge is 2.57. The van der Waals surface area contributed by atoms with Gasteiger partial charge in [-0.25, -0.2) is 15.0 Å². The van der Waals surface area contributed by atoms with Crippen molar-refractivity contribution in [2.45, 2.75) is 63.9 Å². The minimum absolute atomic E-state index is 0.0263. The van der Waals surface area contributed by atoms with Gasteiger partial charge in [-0.05, 0) is 118 Å². The van der Waals surface area contributed by atoms with E-state index in [1.165, 1.54) is 76.6 Å². The quantitative estimate of drug-likeness (QED) is 0.168. The molecule has 2 bridgehead atoms. The summed E-state index contributed by atoms with van der Waals surface area (Å²) in [4.78, 5) is 14.9. The van der Waals surface area contributed by atoms with Gasteiger partial charge in [-0.3, -0.25) is 0 Å². The van der Waals surface area contributed by atoms with E-state index in [2.05, 4.69) is 135 Å². The molecule has 5 aliphatic rings. The summed E-state index contributed by atoms with van der Waals surface area (Å²) in [6.07, 6.45) is 12.4. The number of rotatable bonds is 6. The number of ether oxygens (including phenoxy) is 1. The van der Waals surface area contributed by atoms with Crippen LogP contribution in [0.15, 0.2) is 158 Å². The van der Waals surface area contributed by atoms with Crippen LogP contribution in [0.5, 0.6) is 5.75 Å². The molecule has 0 amide bonds. The van der Waals surface area contributed by atoms with Gasteiger partial charge in [-0.15, -0.1) is 0 Å². The van der Waals surface area contributed by atoms with Gasteiger partial charge in [0.25, 0.3) is 0 Å². The predicted octanol–water partition coefficient (Wildman–Crippen LogP) is 13.9. The zero-order chi connectivity index (χ0) is 40.7. The predicted molar refractivity (Wildman–Crippen MR) is 248 cm³/mol. The normalized spacial score (nSPS) is 24.2. The average molecular weight is 792 g/mol. The van der Waals surface area contributed by atoms with Crippen molar-refractivity contribution in [1.29, 1.82) is 0 Å². The van der Waals surface area contributed by atoms with E-state index in [0.29, 0.717) is 29.3 Å². The molecule has 298 valence electrons. The Morgan fingerprint density at radius 3 is 1.80 bits per heavy atom. The maximum absolute atomic E-state index is 6.38. The third-order valence-electron chi connectivity index (χ3n) is 15.0. The first kappa shape index (κ1) is 36.5. The van der Waals surface area contributed by atoms with Crippen LogP contribution in [0.1, 0.15) is 74.6 Å². The maximum Gasteiger partial charge on any atom is 0.164 e. The Morgan fingerprint density at radius 1 is 0.557 bits per heavy atom. The monoisotopic (exact) mass is 791 g/mol. The largest absolute Gasteiger partial charge is 0.485 e. The van der Waals surface area contributed by atoms with Crippen molar-refractivity contribution in [3.05, 3.63) is 180 Å². The summed E-state index contributed by atoms with van der Waals surface area (Å²) >= 11 is 0. The lowest BCUT2D eigenvalue weighted by Gasteiger charge is -2.55. The minimum atomic E-state index is -0.0263. The second-order valence-corrected chi connectivity index (χ2v) is 18.3. The van der Waals surface area contributed by atoms with Gasteiger partial charge >= 0.3 is 0 Å². The lowest BCUT2D eigenvalue weighted by molar-refractivity contribution is 0.0368. The van der Waals surface area contributed by atoms with Gasteiger partial charge in [0.2, 0.25) is 0 Å². The van der Waals surface area contributed by atoms with Gasteiger partial charge in [-0.1, -0.05) is 154 Å². The van der Waals surface area contributed by atoms with E-state index in [-0.39, 0.29) is 11.5 Å². The standard InChI is InChI=1S/C57H49N3O/c1-3-36-29-37-28-35(2)57(45(30-36)31-37)50-33-43(22-25-46(50)47-26-23-44(34-51(47)57)42-24-27-53-49(32-42)48-16-10-11-17-52(48)61-53)38-18-20-41(21-19-38)56-59-54(39-12-6-4-7-13-39)58-55(60-56)40-14-8-5-9-15-40/h4-26,32-37,45,53H,3,27-31H2,1-2H3. The molecule has 61 heavy (non-hydrogen) atoms. The molecule has 2 fully saturated rings. The van der Waals surface area contributed by atoms with Crippen LogP contribution >= 0.6 is 0 Å². The Bertz CT molecular complexity index is 2840. The lowest BCUT2D eigenvalue weighted by Crippen LogP contribution is -2.49. The Balaban J connectivity index is 0.943. The number of aromatic nitrogens is 3. The molecule has 1 spiro atoms. The Kier molecular flexibility index (Phi) is 8.59. The summed E-state index contributed by atoms with van der Waals surface area (Å²) in [5, 5.41) is 0. The van der Waals surface area contributed by atoms with Crippen LogP contribution in [0.4, 0.5) is 0 Å². The molecule has 0 N–H and O–H groups in total. The van der Waals surface area contributed by atoms with Gasteiger partial charge in [0, 0.05) is 39.7 Å². The van der Waals surface area contributed by atoms with Crippen LogP contribution in [0.3, 0.4) is 0 Å². The first-order valence-corrected chi connectivity index (χ1v) is 22.5. The fraction of sp³-hybridized carbons (Fsp3) is 0.246. The highest BCUT2D eigenvalue weighted by molar-refractivity contribution is 5.93. The molecule has 0 saturated heterocycles. The molecule has 0 radical (unpaired) electrons. The zero-order valence-electron chi connectivity index (χ0n) is 34.9. The Morgan fingerprint density at radius 2 is 1.13 bits per heavy atom. The molecule has 1 aromatic heterocycles. The van der Waals surface area contributed by atoms with Crippen molar-refractivity contribution >= 4 is 11.1 Å². The van der Waals surface area contributed by atoms with Crippen molar-refractivity contribution in [2.75, 3.05) is 0 Å². The molecule has 4 aliphatic carbocycles. The van der Waals surface area contributed by atoms with Crippen molar-refractivity contribution in [3.63, 3.8) is 0 Å². The van der Waals surface area contributed by atoms with Crippen LogP contribution in [0.25, 0.3) is 67.6 Å². The molecular formula is C57H49N3O. The smallest absolute Gasteiger partial charge is 0.164 e.